The van der Waals surface area contributed by atoms with Gasteiger partial charge < -0.3 is 9.15 Å². The highest BCUT2D eigenvalue weighted by Gasteiger charge is 2.04. The number of aldehydes is 1. The molecule has 0 aliphatic rings. The molecule has 2 rings (SSSR count). The second-order valence-electron chi connectivity index (χ2n) is 4.01. The minimum absolute atomic E-state index is 0.158. The van der Waals surface area contributed by atoms with Crippen LogP contribution < -0.4 is 4.74 Å². The molecule has 1 heterocycles. The van der Waals surface area contributed by atoms with E-state index in [0.717, 1.165) is 11.3 Å². The van der Waals surface area contributed by atoms with E-state index in [0.29, 0.717) is 17.8 Å². The smallest absolute Gasteiger partial charge is 0.185 e. The van der Waals surface area contributed by atoms with Gasteiger partial charge in [-0.15, -0.1) is 0 Å². The van der Waals surface area contributed by atoms with Crippen molar-refractivity contribution >= 4 is 6.29 Å². The molecule has 0 atom stereocenters. The van der Waals surface area contributed by atoms with Crippen molar-refractivity contribution < 1.29 is 13.9 Å². The molecular weight excluding hydrogens is 216 g/mol. The van der Waals surface area contributed by atoms with E-state index in [-0.39, 0.29) is 6.10 Å². The van der Waals surface area contributed by atoms with E-state index < -0.39 is 0 Å². The van der Waals surface area contributed by atoms with Gasteiger partial charge in [0.15, 0.2) is 12.0 Å². The summed E-state index contributed by atoms with van der Waals surface area (Å²) in [6.07, 6.45) is 0.853. The number of hydrogen-bond donors (Lipinski definition) is 0. The Balaban J connectivity index is 2.19. The van der Waals surface area contributed by atoms with Crippen molar-refractivity contribution in [2.24, 2.45) is 0 Å². The van der Waals surface area contributed by atoms with E-state index in [1.54, 1.807) is 12.1 Å². The summed E-state index contributed by atoms with van der Waals surface area (Å²) in [5.41, 5.74) is 0.925. The van der Waals surface area contributed by atoms with E-state index in [9.17, 15) is 4.79 Å². The Morgan fingerprint density at radius 1 is 1.12 bits per heavy atom. The average molecular weight is 230 g/mol. The fourth-order valence-corrected chi connectivity index (χ4v) is 1.54. The highest BCUT2D eigenvalue weighted by Crippen LogP contribution is 2.24. The molecule has 3 heteroatoms. The van der Waals surface area contributed by atoms with Crippen LogP contribution >= 0.6 is 0 Å². The first-order valence-corrected chi connectivity index (χ1v) is 5.51. The predicted octanol–water partition coefficient (Wildman–Crippen LogP) is 3.55. The molecule has 88 valence electrons. The number of benzene rings is 1. The Morgan fingerprint density at radius 3 is 2.35 bits per heavy atom. The van der Waals surface area contributed by atoms with Gasteiger partial charge in [-0.3, -0.25) is 4.79 Å². The fourth-order valence-electron chi connectivity index (χ4n) is 1.54. The fraction of sp³-hybridized carbons (Fsp3) is 0.214. The van der Waals surface area contributed by atoms with Crippen LogP contribution in [0.5, 0.6) is 5.75 Å². The summed E-state index contributed by atoms with van der Waals surface area (Å²) in [6.45, 7) is 3.97. The minimum Gasteiger partial charge on any atom is -0.491 e. The van der Waals surface area contributed by atoms with Crippen LogP contribution in [0, 0.1) is 0 Å². The van der Waals surface area contributed by atoms with Crippen LogP contribution in [-0.4, -0.2) is 12.4 Å². The van der Waals surface area contributed by atoms with E-state index in [1.165, 1.54) is 0 Å². The maximum Gasteiger partial charge on any atom is 0.185 e. The van der Waals surface area contributed by atoms with Gasteiger partial charge in [0.1, 0.15) is 11.5 Å². The molecule has 0 spiro atoms. The lowest BCUT2D eigenvalue weighted by molar-refractivity contribution is 0.110. The summed E-state index contributed by atoms with van der Waals surface area (Å²) in [6, 6.07) is 11.0. The van der Waals surface area contributed by atoms with Gasteiger partial charge >= 0.3 is 0 Å². The lowest BCUT2D eigenvalue weighted by atomic mass is 10.2. The number of furan rings is 1. The first kappa shape index (κ1) is 11.5. The number of rotatable bonds is 4. The third-order valence-corrected chi connectivity index (χ3v) is 2.25. The maximum atomic E-state index is 10.5. The molecule has 17 heavy (non-hydrogen) atoms. The third-order valence-electron chi connectivity index (χ3n) is 2.25. The van der Waals surface area contributed by atoms with Gasteiger partial charge in [0.25, 0.3) is 0 Å². The second-order valence-corrected chi connectivity index (χ2v) is 4.01. The molecule has 0 unspecified atom stereocenters. The van der Waals surface area contributed by atoms with Crippen LogP contribution in [-0.2, 0) is 0 Å². The number of carbonyl (C=O) groups is 1. The van der Waals surface area contributed by atoms with Crippen molar-refractivity contribution in [3.8, 4) is 17.1 Å². The molecule has 0 aliphatic carbocycles. The number of carbonyl (C=O) groups excluding carboxylic acids is 1. The van der Waals surface area contributed by atoms with Crippen molar-refractivity contribution in [2.45, 2.75) is 20.0 Å². The van der Waals surface area contributed by atoms with E-state index >= 15 is 0 Å². The highest BCUT2D eigenvalue weighted by molar-refractivity contribution is 5.72. The average Bonchev–Trinajstić information content (AvgIpc) is 2.78. The molecule has 0 saturated heterocycles. The third kappa shape index (κ3) is 2.75. The highest BCUT2D eigenvalue weighted by atomic mass is 16.5. The Bertz CT molecular complexity index is 494. The van der Waals surface area contributed by atoms with Crippen molar-refractivity contribution in [3.63, 3.8) is 0 Å². The Morgan fingerprint density at radius 2 is 1.82 bits per heavy atom. The summed E-state index contributed by atoms with van der Waals surface area (Å²) in [5, 5.41) is 0. The van der Waals surface area contributed by atoms with Crippen LogP contribution in [0.4, 0.5) is 0 Å². The summed E-state index contributed by atoms with van der Waals surface area (Å²) in [4.78, 5) is 10.5. The van der Waals surface area contributed by atoms with Gasteiger partial charge in [-0.25, -0.2) is 0 Å². The SMILES string of the molecule is CC(C)Oc1ccc(-c2ccc(C=O)o2)cc1. The summed E-state index contributed by atoms with van der Waals surface area (Å²) in [5.74, 6) is 1.84. The molecule has 1 aromatic carbocycles. The van der Waals surface area contributed by atoms with E-state index in [4.69, 9.17) is 9.15 Å². The Kier molecular flexibility index (Phi) is 3.28. The summed E-state index contributed by atoms with van der Waals surface area (Å²) >= 11 is 0. The lowest BCUT2D eigenvalue weighted by Crippen LogP contribution is -2.05. The maximum absolute atomic E-state index is 10.5. The van der Waals surface area contributed by atoms with Gasteiger partial charge in [0, 0.05) is 5.56 Å². The molecule has 0 bridgehead atoms. The minimum atomic E-state index is 0.158. The van der Waals surface area contributed by atoms with Gasteiger partial charge in [-0.1, -0.05) is 0 Å². The van der Waals surface area contributed by atoms with Gasteiger partial charge in [0.05, 0.1) is 6.10 Å². The van der Waals surface area contributed by atoms with Crippen LogP contribution in [0.3, 0.4) is 0 Å². The van der Waals surface area contributed by atoms with Crippen molar-refractivity contribution in [1.82, 2.24) is 0 Å². The zero-order valence-electron chi connectivity index (χ0n) is 9.84. The molecule has 0 N–H and O–H groups in total. The molecule has 3 nitrogen and oxygen atoms in total. The molecule has 0 amide bonds. The summed E-state index contributed by atoms with van der Waals surface area (Å²) in [7, 11) is 0. The van der Waals surface area contributed by atoms with Gasteiger partial charge in [-0.2, -0.15) is 0 Å². The van der Waals surface area contributed by atoms with Crippen molar-refractivity contribution in [3.05, 3.63) is 42.2 Å². The molecule has 1 aromatic heterocycles. The normalized spacial score (nSPS) is 10.5. The zero-order chi connectivity index (χ0) is 12.3. The van der Waals surface area contributed by atoms with Crippen LogP contribution in [0.2, 0.25) is 0 Å². The Labute approximate surface area is 100 Å². The number of ether oxygens (including phenoxy) is 1. The predicted molar refractivity (Wildman–Crippen MR) is 65.3 cm³/mol. The molecule has 0 aliphatic heterocycles. The first-order chi connectivity index (χ1) is 8.19. The molecular formula is C14H14O3. The molecule has 0 fully saturated rings. The van der Waals surface area contributed by atoms with E-state index in [2.05, 4.69) is 0 Å². The van der Waals surface area contributed by atoms with Crippen molar-refractivity contribution in [1.29, 1.82) is 0 Å². The van der Waals surface area contributed by atoms with E-state index in [1.807, 2.05) is 38.1 Å². The molecule has 0 radical (unpaired) electrons. The number of hydrogen-bond acceptors (Lipinski definition) is 3. The standard InChI is InChI=1S/C14H14O3/c1-10(2)16-12-5-3-11(4-6-12)14-8-7-13(9-15)17-14/h3-10H,1-2H3. The van der Waals surface area contributed by atoms with Crippen molar-refractivity contribution in [2.75, 3.05) is 0 Å². The Hall–Kier alpha value is -2.03. The second kappa shape index (κ2) is 4.87. The monoisotopic (exact) mass is 230 g/mol. The van der Waals surface area contributed by atoms with Crippen LogP contribution in [0.15, 0.2) is 40.8 Å². The van der Waals surface area contributed by atoms with Gasteiger partial charge in [0.2, 0.25) is 0 Å². The quantitative estimate of drug-likeness (QED) is 0.754. The van der Waals surface area contributed by atoms with Crippen LogP contribution in [0.25, 0.3) is 11.3 Å². The molecule has 0 saturated carbocycles. The topological polar surface area (TPSA) is 39.4 Å². The first-order valence-electron chi connectivity index (χ1n) is 5.51. The van der Waals surface area contributed by atoms with Gasteiger partial charge in [-0.05, 0) is 50.2 Å². The van der Waals surface area contributed by atoms with Crippen LogP contribution in [0.1, 0.15) is 24.4 Å². The molecule has 2 aromatic rings. The zero-order valence-corrected chi connectivity index (χ0v) is 9.84. The lowest BCUT2D eigenvalue weighted by Gasteiger charge is -2.09. The largest absolute Gasteiger partial charge is 0.491 e. The summed E-state index contributed by atoms with van der Waals surface area (Å²) < 4.78 is 10.9.